The van der Waals surface area contributed by atoms with Crippen molar-refractivity contribution in [3.8, 4) is 5.75 Å². The molecule has 0 spiro atoms. The van der Waals surface area contributed by atoms with E-state index < -0.39 is 6.10 Å². The van der Waals surface area contributed by atoms with E-state index in [2.05, 4.69) is 5.43 Å². The van der Waals surface area contributed by atoms with Gasteiger partial charge in [0.25, 0.3) is 5.91 Å². The van der Waals surface area contributed by atoms with Gasteiger partial charge >= 0.3 is 0 Å². The summed E-state index contributed by atoms with van der Waals surface area (Å²) in [7, 11) is 0. The Balaban J connectivity index is 2.73. The number of amides is 1. The van der Waals surface area contributed by atoms with Crippen molar-refractivity contribution in [1.82, 2.24) is 5.43 Å². The van der Waals surface area contributed by atoms with Crippen molar-refractivity contribution in [3.05, 3.63) is 29.8 Å². The van der Waals surface area contributed by atoms with Crippen molar-refractivity contribution in [2.24, 2.45) is 5.84 Å². The number of nitrogens with one attached hydrogen (secondary N) is 1. The number of benzene rings is 1. The topological polar surface area (TPSA) is 84.6 Å². The van der Waals surface area contributed by atoms with Crippen LogP contribution in [0.15, 0.2) is 24.3 Å². The Morgan fingerprint density at radius 2 is 2.38 bits per heavy atom. The fraction of sp³-hybridized carbons (Fsp3) is 0.364. The molecule has 0 saturated carbocycles. The molecule has 0 saturated heterocycles. The van der Waals surface area contributed by atoms with E-state index in [4.69, 9.17) is 15.7 Å². The third kappa shape index (κ3) is 3.22. The molecule has 0 aliphatic heterocycles. The Labute approximate surface area is 94.2 Å². The number of carbonyl (C=O) groups is 1. The molecule has 0 aliphatic rings. The third-order valence-electron chi connectivity index (χ3n) is 2.16. The predicted octanol–water partition coefficient (Wildman–Crippen LogP) is 0.326. The van der Waals surface area contributed by atoms with E-state index in [0.29, 0.717) is 12.2 Å². The van der Waals surface area contributed by atoms with Crippen LogP contribution in [-0.2, 0) is 11.4 Å². The molecule has 1 aromatic rings. The molecule has 5 heteroatoms. The van der Waals surface area contributed by atoms with Crippen LogP contribution in [0.3, 0.4) is 0 Å². The van der Waals surface area contributed by atoms with E-state index in [0.717, 1.165) is 5.56 Å². The van der Waals surface area contributed by atoms with Gasteiger partial charge in [0.2, 0.25) is 0 Å². The van der Waals surface area contributed by atoms with Gasteiger partial charge in [-0.25, -0.2) is 5.84 Å². The smallest absolute Gasteiger partial charge is 0.274 e. The van der Waals surface area contributed by atoms with Crippen molar-refractivity contribution in [1.29, 1.82) is 0 Å². The zero-order valence-corrected chi connectivity index (χ0v) is 9.14. The molecule has 0 bridgehead atoms. The van der Waals surface area contributed by atoms with Gasteiger partial charge in [0.1, 0.15) is 5.75 Å². The summed E-state index contributed by atoms with van der Waals surface area (Å²) in [6, 6.07) is 6.95. The quantitative estimate of drug-likeness (QED) is 0.382. The minimum atomic E-state index is -0.612. The Morgan fingerprint density at radius 1 is 1.62 bits per heavy atom. The molecule has 1 rings (SSSR count). The zero-order valence-electron chi connectivity index (χ0n) is 9.14. The number of hydrogen-bond donors (Lipinski definition) is 3. The van der Waals surface area contributed by atoms with Crippen LogP contribution < -0.4 is 16.0 Å². The van der Waals surface area contributed by atoms with Gasteiger partial charge in [-0.3, -0.25) is 10.2 Å². The third-order valence-corrected chi connectivity index (χ3v) is 2.16. The molecule has 0 aromatic heterocycles. The minimum absolute atomic E-state index is 0.0585. The van der Waals surface area contributed by atoms with Gasteiger partial charge < -0.3 is 9.84 Å². The SMILES string of the molecule is CCC(Oc1cccc(CO)c1)C(=O)NN. The van der Waals surface area contributed by atoms with Gasteiger partial charge in [0.05, 0.1) is 6.61 Å². The standard InChI is InChI=1S/C11H16N2O3/c1-2-10(11(15)13-12)16-9-5-3-4-8(6-9)7-14/h3-6,10,14H,2,7,12H2,1H3,(H,13,15). The molecular weight excluding hydrogens is 208 g/mol. The zero-order chi connectivity index (χ0) is 12.0. The molecule has 4 N–H and O–H groups in total. The highest BCUT2D eigenvalue weighted by Crippen LogP contribution is 2.16. The maximum atomic E-state index is 11.3. The second kappa shape index (κ2) is 6.09. The normalized spacial score (nSPS) is 11.9. The molecule has 0 fully saturated rings. The van der Waals surface area contributed by atoms with Crippen molar-refractivity contribution < 1.29 is 14.6 Å². The fourth-order valence-corrected chi connectivity index (χ4v) is 1.30. The Bertz CT molecular complexity index is 355. The summed E-state index contributed by atoms with van der Waals surface area (Å²) in [6.45, 7) is 1.77. The number of hydrazine groups is 1. The van der Waals surface area contributed by atoms with Gasteiger partial charge in [-0.05, 0) is 24.1 Å². The Hall–Kier alpha value is -1.59. The van der Waals surface area contributed by atoms with Crippen LogP contribution in [0.1, 0.15) is 18.9 Å². The Kier molecular flexibility index (Phi) is 4.75. The van der Waals surface area contributed by atoms with Gasteiger partial charge in [0, 0.05) is 0 Å². The summed E-state index contributed by atoms with van der Waals surface area (Å²) < 4.78 is 5.46. The summed E-state index contributed by atoms with van der Waals surface area (Å²) in [4.78, 5) is 11.3. The number of hydrogen-bond acceptors (Lipinski definition) is 4. The monoisotopic (exact) mass is 224 g/mol. The maximum absolute atomic E-state index is 11.3. The van der Waals surface area contributed by atoms with Gasteiger partial charge in [-0.2, -0.15) is 0 Å². The van der Waals surface area contributed by atoms with Crippen LogP contribution >= 0.6 is 0 Å². The molecule has 5 nitrogen and oxygen atoms in total. The van der Waals surface area contributed by atoms with E-state index in [1.807, 2.05) is 6.92 Å². The number of nitrogens with two attached hydrogens (primary N) is 1. The number of aliphatic hydroxyl groups excluding tert-OH is 1. The predicted molar refractivity (Wildman–Crippen MR) is 59.4 cm³/mol. The first-order valence-electron chi connectivity index (χ1n) is 5.08. The van der Waals surface area contributed by atoms with Crippen molar-refractivity contribution >= 4 is 5.91 Å². The van der Waals surface area contributed by atoms with Crippen molar-refractivity contribution in [3.63, 3.8) is 0 Å². The van der Waals surface area contributed by atoms with Crippen LogP contribution in [0.4, 0.5) is 0 Å². The first kappa shape index (κ1) is 12.5. The van der Waals surface area contributed by atoms with E-state index in [9.17, 15) is 4.79 Å². The summed E-state index contributed by atoms with van der Waals surface area (Å²) >= 11 is 0. The summed E-state index contributed by atoms with van der Waals surface area (Å²) in [5.74, 6) is 5.22. The van der Waals surface area contributed by atoms with E-state index in [-0.39, 0.29) is 12.5 Å². The first-order valence-corrected chi connectivity index (χ1v) is 5.08. The van der Waals surface area contributed by atoms with Gasteiger partial charge in [0.15, 0.2) is 6.10 Å². The van der Waals surface area contributed by atoms with E-state index in [1.165, 1.54) is 0 Å². The Morgan fingerprint density at radius 3 is 2.94 bits per heavy atom. The number of ether oxygens (including phenoxy) is 1. The van der Waals surface area contributed by atoms with Gasteiger partial charge in [-0.15, -0.1) is 0 Å². The van der Waals surface area contributed by atoms with E-state index in [1.54, 1.807) is 24.3 Å². The maximum Gasteiger partial charge on any atom is 0.274 e. The van der Waals surface area contributed by atoms with Crippen LogP contribution in [0, 0.1) is 0 Å². The fourth-order valence-electron chi connectivity index (χ4n) is 1.30. The van der Waals surface area contributed by atoms with Gasteiger partial charge in [-0.1, -0.05) is 19.1 Å². The lowest BCUT2D eigenvalue weighted by atomic mass is 10.2. The second-order valence-corrected chi connectivity index (χ2v) is 3.33. The summed E-state index contributed by atoms with van der Waals surface area (Å²) in [6.07, 6.45) is -0.0919. The number of carbonyl (C=O) groups excluding carboxylic acids is 1. The average molecular weight is 224 g/mol. The van der Waals surface area contributed by atoms with Crippen molar-refractivity contribution in [2.75, 3.05) is 0 Å². The average Bonchev–Trinajstić information content (AvgIpc) is 2.35. The lowest BCUT2D eigenvalue weighted by Gasteiger charge is -2.16. The summed E-state index contributed by atoms with van der Waals surface area (Å²) in [5.41, 5.74) is 2.79. The molecule has 88 valence electrons. The molecule has 16 heavy (non-hydrogen) atoms. The second-order valence-electron chi connectivity index (χ2n) is 3.33. The highest BCUT2D eigenvalue weighted by molar-refractivity contribution is 5.80. The van der Waals surface area contributed by atoms with E-state index >= 15 is 0 Å². The molecule has 1 atom stereocenters. The molecule has 0 heterocycles. The van der Waals surface area contributed by atoms with Crippen LogP contribution in [-0.4, -0.2) is 17.1 Å². The number of rotatable bonds is 5. The molecular formula is C11H16N2O3. The van der Waals surface area contributed by atoms with Crippen molar-refractivity contribution in [2.45, 2.75) is 26.1 Å². The van der Waals surface area contributed by atoms with Crippen LogP contribution in [0.5, 0.6) is 5.75 Å². The summed E-state index contributed by atoms with van der Waals surface area (Å²) in [5, 5.41) is 8.95. The molecule has 1 aromatic carbocycles. The molecule has 0 aliphatic carbocycles. The lowest BCUT2D eigenvalue weighted by Crippen LogP contribution is -2.41. The largest absolute Gasteiger partial charge is 0.481 e. The number of aliphatic hydroxyl groups is 1. The van der Waals surface area contributed by atoms with Crippen LogP contribution in [0.2, 0.25) is 0 Å². The lowest BCUT2D eigenvalue weighted by molar-refractivity contribution is -0.128. The minimum Gasteiger partial charge on any atom is -0.481 e. The first-order chi connectivity index (χ1) is 7.71. The molecule has 1 amide bonds. The highest BCUT2D eigenvalue weighted by Gasteiger charge is 2.16. The van der Waals surface area contributed by atoms with Crippen LogP contribution in [0.25, 0.3) is 0 Å². The molecule has 1 unspecified atom stereocenters. The highest BCUT2D eigenvalue weighted by atomic mass is 16.5. The molecule has 0 radical (unpaired) electrons.